The molecule has 71 heavy (non-hydrogen) atoms. The monoisotopic (exact) mass is 922 g/mol. The van der Waals surface area contributed by atoms with Gasteiger partial charge in [0.1, 0.15) is 11.2 Å². The number of furan rings is 1. The van der Waals surface area contributed by atoms with Crippen LogP contribution >= 0.6 is 11.3 Å². The van der Waals surface area contributed by atoms with E-state index in [9.17, 15) is 0 Å². The summed E-state index contributed by atoms with van der Waals surface area (Å²) in [5.41, 5.74) is 20.5. The fourth-order valence-electron chi connectivity index (χ4n) is 12.0. The molecule has 0 N–H and O–H groups in total. The minimum Gasteiger partial charge on any atom is -0.456 e. The second kappa shape index (κ2) is 15.5. The Morgan fingerprint density at radius 2 is 0.775 bits per heavy atom. The van der Waals surface area contributed by atoms with E-state index >= 15 is 0 Å². The number of rotatable bonds is 7. The molecule has 2 aliphatic rings. The number of nitrogens with zero attached hydrogens (tertiary/aromatic N) is 2. The van der Waals surface area contributed by atoms with Gasteiger partial charge in [-0.15, -0.1) is 11.3 Å². The van der Waals surface area contributed by atoms with E-state index in [0.29, 0.717) is 0 Å². The van der Waals surface area contributed by atoms with E-state index in [-0.39, 0.29) is 0 Å². The lowest BCUT2D eigenvalue weighted by Crippen LogP contribution is -2.25. The highest BCUT2D eigenvalue weighted by Gasteiger charge is 2.51. The number of hydrogen-bond acceptors (Lipinski definition) is 4. The summed E-state index contributed by atoms with van der Waals surface area (Å²) in [6.07, 6.45) is 0. The third-order valence-electron chi connectivity index (χ3n) is 15.0. The number of fused-ring (bicyclic) bond motifs is 16. The first kappa shape index (κ1) is 40.0. The zero-order valence-electron chi connectivity index (χ0n) is 38.5. The number of thiophene rings is 1. The minimum atomic E-state index is -0.495. The summed E-state index contributed by atoms with van der Waals surface area (Å²) in [7, 11) is 0. The van der Waals surface area contributed by atoms with Crippen LogP contribution in [0.15, 0.2) is 259 Å². The molecule has 2 heterocycles. The van der Waals surface area contributed by atoms with Crippen LogP contribution in [0.1, 0.15) is 22.3 Å². The fraction of sp³-hybridized carbons (Fsp3) is 0.0149. The number of anilines is 6. The molecule has 0 unspecified atom stereocenters. The van der Waals surface area contributed by atoms with Crippen molar-refractivity contribution in [3.8, 4) is 33.4 Å². The number of hydrogen-bond donors (Lipinski definition) is 0. The molecule has 332 valence electrons. The van der Waals surface area contributed by atoms with Crippen molar-refractivity contribution < 1.29 is 4.42 Å². The van der Waals surface area contributed by atoms with Crippen LogP contribution < -0.4 is 9.80 Å². The molecular weight excluding hydrogens is 881 g/mol. The van der Waals surface area contributed by atoms with Gasteiger partial charge < -0.3 is 14.2 Å². The van der Waals surface area contributed by atoms with Crippen molar-refractivity contribution in [2.24, 2.45) is 0 Å². The van der Waals surface area contributed by atoms with E-state index in [1.165, 1.54) is 70.2 Å². The molecule has 0 saturated carbocycles. The summed E-state index contributed by atoms with van der Waals surface area (Å²) in [6, 6.07) is 93.7. The van der Waals surface area contributed by atoms with Crippen LogP contribution in [-0.2, 0) is 5.41 Å². The first-order chi connectivity index (χ1) is 35.2. The van der Waals surface area contributed by atoms with Crippen LogP contribution in [0.4, 0.5) is 34.1 Å². The molecule has 11 aromatic carbocycles. The SMILES string of the molecule is c1ccc(N(c2ccccc2)c2cccc(N(c3ccc4c(c3)-c3cc(-c5ccc6oc7ccccc7c6c5)ccc3C43c4ccccc4-c4ccccc43)c3ccc4sc5ccccc5c4c3)c2)cc1. The van der Waals surface area contributed by atoms with Crippen LogP contribution in [0.5, 0.6) is 0 Å². The van der Waals surface area contributed by atoms with E-state index in [1.807, 2.05) is 17.4 Å². The van der Waals surface area contributed by atoms with Crippen molar-refractivity contribution in [2.45, 2.75) is 5.41 Å². The van der Waals surface area contributed by atoms with Crippen LogP contribution in [0, 0.1) is 0 Å². The van der Waals surface area contributed by atoms with Gasteiger partial charge in [-0.05, 0) is 159 Å². The molecule has 2 aromatic heterocycles. The van der Waals surface area contributed by atoms with E-state index in [1.54, 1.807) is 0 Å². The maximum Gasteiger partial charge on any atom is 0.135 e. The molecule has 0 amide bonds. The molecule has 2 aliphatic carbocycles. The smallest absolute Gasteiger partial charge is 0.135 e. The molecular formula is C67H42N2OS. The van der Waals surface area contributed by atoms with Crippen molar-refractivity contribution in [1.82, 2.24) is 0 Å². The van der Waals surface area contributed by atoms with Gasteiger partial charge in [0, 0.05) is 65.1 Å². The van der Waals surface area contributed by atoms with E-state index < -0.39 is 5.41 Å². The van der Waals surface area contributed by atoms with E-state index in [0.717, 1.165) is 61.6 Å². The highest BCUT2D eigenvalue weighted by atomic mass is 32.1. The zero-order chi connectivity index (χ0) is 46.6. The predicted octanol–water partition coefficient (Wildman–Crippen LogP) is 18.9. The van der Waals surface area contributed by atoms with Crippen molar-refractivity contribution >= 4 is 87.6 Å². The maximum atomic E-state index is 6.30. The van der Waals surface area contributed by atoms with Gasteiger partial charge in [0.2, 0.25) is 0 Å². The zero-order valence-corrected chi connectivity index (χ0v) is 39.3. The Kier molecular flexibility index (Phi) is 8.74. The maximum absolute atomic E-state index is 6.30. The second-order valence-corrected chi connectivity index (χ2v) is 19.9. The van der Waals surface area contributed by atoms with Crippen LogP contribution in [-0.4, -0.2) is 0 Å². The molecule has 1 spiro atoms. The standard InChI is InChI=1S/C67H42N2OS/c1-3-16-45(17-4-1)68(46-18-5-2-6-19-46)47-20-15-21-48(40-47)69(50-33-37-66-58(42-50)54-25-10-14-29-65(54)71-66)49-32-35-62-56(41-49)55-38-43(44-31-36-64-57(39-44)53-24-9-13-28-63(53)70-64)30-34-61(55)67(62)59-26-11-7-22-51(59)52-23-8-12-27-60(52)67/h1-42H. The third kappa shape index (κ3) is 5.95. The molecule has 0 aliphatic heterocycles. The minimum absolute atomic E-state index is 0.495. The molecule has 4 heteroatoms. The van der Waals surface area contributed by atoms with Gasteiger partial charge in [-0.2, -0.15) is 0 Å². The molecule has 0 atom stereocenters. The second-order valence-electron chi connectivity index (χ2n) is 18.8. The molecule has 13 aromatic rings. The summed E-state index contributed by atoms with van der Waals surface area (Å²) >= 11 is 1.85. The quantitative estimate of drug-likeness (QED) is 0.159. The summed E-state index contributed by atoms with van der Waals surface area (Å²) < 4.78 is 8.87. The van der Waals surface area contributed by atoms with Gasteiger partial charge in [0.25, 0.3) is 0 Å². The first-order valence-corrected chi connectivity index (χ1v) is 25.1. The Hall–Kier alpha value is -8.96. The van der Waals surface area contributed by atoms with Crippen LogP contribution in [0.3, 0.4) is 0 Å². The molecule has 15 rings (SSSR count). The topological polar surface area (TPSA) is 19.6 Å². The lowest BCUT2D eigenvalue weighted by atomic mass is 9.70. The van der Waals surface area contributed by atoms with Gasteiger partial charge in [0.05, 0.1) is 5.41 Å². The Morgan fingerprint density at radius 3 is 1.52 bits per heavy atom. The van der Waals surface area contributed by atoms with E-state index in [4.69, 9.17) is 4.42 Å². The predicted molar refractivity (Wildman–Crippen MR) is 298 cm³/mol. The third-order valence-corrected chi connectivity index (χ3v) is 16.2. The lowest BCUT2D eigenvalue weighted by molar-refractivity contribution is 0.669. The molecule has 0 saturated heterocycles. The molecule has 0 fully saturated rings. The fourth-order valence-corrected chi connectivity index (χ4v) is 13.1. The lowest BCUT2D eigenvalue weighted by Gasteiger charge is -2.31. The Bertz CT molecular complexity index is 4180. The van der Waals surface area contributed by atoms with E-state index in [2.05, 4.69) is 259 Å². The van der Waals surface area contributed by atoms with Crippen molar-refractivity contribution in [3.63, 3.8) is 0 Å². The Labute approximate surface area is 415 Å². The molecule has 0 radical (unpaired) electrons. The van der Waals surface area contributed by atoms with Gasteiger partial charge in [0.15, 0.2) is 0 Å². The summed E-state index contributed by atoms with van der Waals surface area (Å²) in [5, 5.41) is 4.80. The van der Waals surface area contributed by atoms with Crippen LogP contribution in [0.25, 0.3) is 75.5 Å². The van der Waals surface area contributed by atoms with Gasteiger partial charge >= 0.3 is 0 Å². The van der Waals surface area contributed by atoms with Gasteiger partial charge in [-0.25, -0.2) is 0 Å². The average molecular weight is 923 g/mol. The Balaban J connectivity index is 0.974. The highest BCUT2D eigenvalue weighted by molar-refractivity contribution is 7.25. The van der Waals surface area contributed by atoms with Gasteiger partial charge in [-0.3, -0.25) is 0 Å². The average Bonchev–Trinajstić information content (AvgIpc) is 4.17. The molecule has 0 bridgehead atoms. The van der Waals surface area contributed by atoms with Crippen molar-refractivity contribution in [1.29, 1.82) is 0 Å². The van der Waals surface area contributed by atoms with Crippen molar-refractivity contribution in [2.75, 3.05) is 9.80 Å². The van der Waals surface area contributed by atoms with Crippen LogP contribution in [0.2, 0.25) is 0 Å². The number of benzene rings is 11. The first-order valence-electron chi connectivity index (χ1n) is 24.3. The van der Waals surface area contributed by atoms with Crippen molar-refractivity contribution in [3.05, 3.63) is 277 Å². The van der Waals surface area contributed by atoms with Gasteiger partial charge in [-0.1, -0.05) is 152 Å². The summed E-state index contributed by atoms with van der Waals surface area (Å²) in [4.78, 5) is 4.81. The summed E-state index contributed by atoms with van der Waals surface area (Å²) in [6.45, 7) is 0. The Morgan fingerprint density at radius 1 is 0.282 bits per heavy atom. The number of para-hydroxylation sites is 3. The largest absolute Gasteiger partial charge is 0.456 e. The normalized spacial score (nSPS) is 12.9. The highest BCUT2D eigenvalue weighted by Crippen LogP contribution is 2.64. The summed E-state index contributed by atoms with van der Waals surface area (Å²) in [5.74, 6) is 0. The molecule has 3 nitrogen and oxygen atoms in total.